The molecule has 2 aromatic rings. The lowest BCUT2D eigenvalue weighted by Crippen LogP contribution is -1.94. The van der Waals surface area contributed by atoms with E-state index in [9.17, 15) is 0 Å². The first-order valence-electron chi connectivity index (χ1n) is 6.01. The molecule has 0 bridgehead atoms. The topological polar surface area (TPSA) is 21.6 Å². The van der Waals surface area contributed by atoms with Crippen LogP contribution in [0.2, 0.25) is 5.02 Å². The minimum Gasteiger partial charge on any atom is -0.493 e. The van der Waals surface area contributed by atoms with Crippen molar-refractivity contribution >= 4 is 62.0 Å². The Morgan fingerprint density at radius 1 is 1.30 bits per heavy atom. The molecule has 0 amide bonds. The van der Waals surface area contributed by atoms with E-state index in [2.05, 4.69) is 43.5 Å². The van der Waals surface area contributed by atoms with Crippen molar-refractivity contribution in [1.82, 2.24) is 0 Å². The minimum absolute atomic E-state index is 0.654. The van der Waals surface area contributed by atoms with Gasteiger partial charge in [-0.25, -0.2) is 0 Å². The summed E-state index contributed by atoms with van der Waals surface area (Å²) in [6.45, 7) is 2.64. The van der Waals surface area contributed by atoms with Crippen LogP contribution in [0.4, 0.5) is 5.69 Å². The van der Waals surface area contributed by atoms with Crippen molar-refractivity contribution in [3.05, 3.63) is 55.0 Å². The molecule has 2 nitrogen and oxygen atoms in total. The minimum atomic E-state index is 0.654. The summed E-state index contributed by atoms with van der Waals surface area (Å²) in [5.41, 5.74) is 1.85. The molecule has 0 heterocycles. The largest absolute Gasteiger partial charge is 0.493 e. The molecular formula is C15H12BrClINO. The highest BCUT2D eigenvalue weighted by atomic mass is 127. The number of rotatable bonds is 4. The SMILES string of the molecule is CCOc1ccc(C=Nc2ccc(Br)c(Cl)c2)cc1I. The molecule has 0 unspecified atom stereocenters. The van der Waals surface area contributed by atoms with Gasteiger partial charge in [-0.3, -0.25) is 4.99 Å². The standard InChI is InChI=1S/C15H12BrClINO/c1-2-20-15-6-3-10(7-14(15)18)9-19-11-4-5-12(16)13(17)8-11/h3-9H,2H2,1H3. The molecule has 5 heteroatoms. The highest BCUT2D eigenvalue weighted by molar-refractivity contribution is 14.1. The molecule has 0 N–H and O–H groups in total. The molecule has 0 aromatic heterocycles. The van der Waals surface area contributed by atoms with E-state index in [1.54, 1.807) is 0 Å². The average molecular weight is 465 g/mol. The summed E-state index contributed by atoms with van der Waals surface area (Å²) in [6, 6.07) is 11.6. The van der Waals surface area contributed by atoms with Crippen LogP contribution in [0.15, 0.2) is 45.9 Å². The lowest BCUT2D eigenvalue weighted by atomic mass is 10.2. The summed E-state index contributed by atoms with van der Waals surface area (Å²) in [7, 11) is 0. The Hall–Kier alpha value is -0.590. The van der Waals surface area contributed by atoms with Crippen LogP contribution in [0.1, 0.15) is 12.5 Å². The predicted molar refractivity (Wildman–Crippen MR) is 96.7 cm³/mol. The van der Waals surface area contributed by atoms with Crippen LogP contribution in [0.3, 0.4) is 0 Å². The van der Waals surface area contributed by atoms with Gasteiger partial charge in [-0.15, -0.1) is 0 Å². The second-order valence-corrected chi connectivity index (χ2v) is 6.40. The van der Waals surface area contributed by atoms with Gasteiger partial charge in [0.1, 0.15) is 5.75 Å². The smallest absolute Gasteiger partial charge is 0.132 e. The van der Waals surface area contributed by atoms with Crippen LogP contribution >= 0.6 is 50.1 Å². The third-order valence-corrected chi connectivity index (χ3v) is 4.60. The maximum absolute atomic E-state index is 6.04. The van der Waals surface area contributed by atoms with Gasteiger partial charge in [0, 0.05) is 10.7 Å². The molecule has 0 saturated carbocycles. The molecule has 2 aromatic carbocycles. The number of hydrogen-bond acceptors (Lipinski definition) is 2. The zero-order valence-corrected chi connectivity index (χ0v) is 15.2. The zero-order valence-electron chi connectivity index (χ0n) is 10.7. The molecule has 0 spiro atoms. The van der Waals surface area contributed by atoms with E-state index in [1.807, 2.05) is 49.5 Å². The first kappa shape index (κ1) is 15.8. The first-order chi connectivity index (χ1) is 9.60. The fourth-order valence-corrected chi connectivity index (χ4v) is 2.70. The molecule has 0 atom stereocenters. The summed E-state index contributed by atoms with van der Waals surface area (Å²) in [6.07, 6.45) is 1.82. The highest BCUT2D eigenvalue weighted by Crippen LogP contribution is 2.27. The molecule has 20 heavy (non-hydrogen) atoms. The van der Waals surface area contributed by atoms with Gasteiger partial charge in [-0.1, -0.05) is 11.6 Å². The van der Waals surface area contributed by atoms with E-state index in [1.165, 1.54) is 0 Å². The summed E-state index contributed by atoms with van der Waals surface area (Å²) in [5.74, 6) is 0.900. The molecular weight excluding hydrogens is 452 g/mol. The molecule has 0 radical (unpaired) electrons. The van der Waals surface area contributed by atoms with E-state index in [-0.39, 0.29) is 0 Å². The number of aliphatic imine (C=N–C) groups is 1. The Labute approximate surface area is 145 Å². The first-order valence-corrected chi connectivity index (χ1v) is 8.26. The maximum atomic E-state index is 6.04. The second-order valence-electron chi connectivity index (χ2n) is 3.98. The van der Waals surface area contributed by atoms with E-state index < -0.39 is 0 Å². The van der Waals surface area contributed by atoms with Gasteiger partial charge in [0.2, 0.25) is 0 Å². The van der Waals surface area contributed by atoms with Gasteiger partial charge in [0.05, 0.1) is 20.9 Å². The Bertz CT molecular complexity index is 646. The number of benzene rings is 2. The van der Waals surface area contributed by atoms with Crippen molar-refractivity contribution in [1.29, 1.82) is 0 Å². The molecule has 0 aliphatic carbocycles. The van der Waals surface area contributed by atoms with Crippen LogP contribution in [-0.2, 0) is 0 Å². The van der Waals surface area contributed by atoms with Crippen LogP contribution in [0, 0.1) is 3.57 Å². The van der Waals surface area contributed by atoms with Gasteiger partial charge in [-0.2, -0.15) is 0 Å². The van der Waals surface area contributed by atoms with Crippen LogP contribution in [0.25, 0.3) is 0 Å². The van der Waals surface area contributed by atoms with Crippen molar-refractivity contribution < 1.29 is 4.74 Å². The summed E-state index contributed by atoms with van der Waals surface area (Å²) in [4.78, 5) is 4.42. The van der Waals surface area contributed by atoms with Gasteiger partial charge >= 0.3 is 0 Å². The number of nitrogens with zero attached hydrogens (tertiary/aromatic N) is 1. The molecule has 0 aliphatic rings. The Morgan fingerprint density at radius 3 is 2.75 bits per heavy atom. The third-order valence-electron chi connectivity index (χ3n) is 2.52. The van der Waals surface area contributed by atoms with Crippen LogP contribution in [0.5, 0.6) is 5.75 Å². The zero-order chi connectivity index (χ0) is 14.5. The van der Waals surface area contributed by atoms with Crippen molar-refractivity contribution in [2.24, 2.45) is 4.99 Å². The quantitative estimate of drug-likeness (QED) is 0.411. The number of ether oxygens (including phenoxy) is 1. The van der Waals surface area contributed by atoms with Gasteiger partial charge in [0.25, 0.3) is 0 Å². The Balaban J connectivity index is 2.18. The van der Waals surface area contributed by atoms with Gasteiger partial charge in [-0.05, 0) is 87.4 Å². The monoisotopic (exact) mass is 463 g/mol. The van der Waals surface area contributed by atoms with Crippen molar-refractivity contribution in [2.45, 2.75) is 6.92 Å². The normalized spacial score (nSPS) is 11.0. The van der Waals surface area contributed by atoms with Crippen molar-refractivity contribution in [3.63, 3.8) is 0 Å². The molecule has 0 fully saturated rings. The fraction of sp³-hybridized carbons (Fsp3) is 0.133. The van der Waals surface area contributed by atoms with Crippen LogP contribution < -0.4 is 4.74 Å². The predicted octanol–water partition coefficient (Wildman–Crippen LogP) is 5.86. The van der Waals surface area contributed by atoms with Crippen molar-refractivity contribution in [3.8, 4) is 5.75 Å². The number of halogens is 3. The summed E-state index contributed by atoms with van der Waals surface area (Å²) in [5, 5.41) is 0.654. The lowest BCUT2D eigenvalue weighted by Gasteiger charge is -2.05. The van der Waals surface area contributed by atoms with E-state index in [0.29, 0.717) is 11.6 Å². The molecule has 0 aliphatic heterocycles. The fourth-order valence-electron chi connectivity index (χ4n) is 1.58. The number of hydrogen-bond donors (Lipinski definition) is 0. The Kier molecular flexibility index (Phi) is 5.86. The maximum Gasteiger partial charge on any atom is 0.132 e. The summed E-state index contributed by atoms with van der Waals surface area (Å²) < 4.78 is 7.45. The summed E-state index contributed by atoms with van der Waals surface area (Å²) >= 11 is 11.7. The van der Waals surface area contributed by atoms with E-state index in [0.717, 1.165) is 25.0 Å². The highest BCUT2D eigenvalue weighted by Gasteiger charge is 2.01. The molecule has 0 saturated heterocycles. The van der Waals surface area contributed by atoms with E-state index >= 15 is 0 Å². The van der Waals surface area contributed by atoms with Gasteiger partial charge < -0.3 is 4.74 Å². The van der Waals surface area contributed by atoms with Crippen LogP contribution in [-0.4, -0.2) is 12.8 Å². The molecule has 104 valence electrons. The lowest BCUT2D eigenvalue weighted by molar-refractivity contribution is 0.338. The molecule has 2 rings (SSSR count). The third kappa shape index (κ3) is 4.20. The van der Waals surface area contributed by atoms with Gasteiger partial charge in [0.15, 0.2) is 0 Å². The van der Waals surface area contributed by atoms with Crippen molar-refractivity contribution in [2.75, 3.05) is 6.61 Å². The Morgan fingerprint density at radius 2 is 2.10 bits per heavy atom. The van der Waals surface area contributed by atoms with E-state index in [4.69, 9.17) is 16.3 Å². The average Bonchev–Trinajstić information content (AvgIpc) is 2.43. The second kappa shape index (κ2) is 7.43.